The van der Waals surface area contributed by atoms with Gasteiger partial charge in [0.25, 0.3) is 0 Å². The van der Waals surface area contributed by atoms with Gasteiger partial charge >= 0.3 is 0 Å². The first-order chi connectivity index (χ1) is 8.70. The average molecular weight is 248 g/mol. The van der Waals surface area contributed by atoms with Crippen molar-refractivity contribution in [2.24, 2.45) is 5.73 Å². The third kappa shape index (κ3) is 2.08. The second-order valence-corrected chi connectivity index (χ2v) is 4.57. The highest BCUT2D eigenvalue weighted by Gasteiger charge is 2.36. The molecule has 0 radical (unpaired) electrons. The summed E-state index contributed by atoms with van der Waals surface area (Å²) >= 11 is 0. The van der Waals surface area contributed by atoms with Gasteiger partial charge in [0.05, 0.1) is 12.8 Å². The fourth-order valence-electron chi connectivity index (χ4n) is 2.40. The minimum Gasteiger partial charge on any atom is -0.495 e. The van der Waals surface area contributed by atoms with Crippen molar-refractivity contribution >= 4 is 11.6 Å². The normalized spacial score (nSPS) is 18.1. The quantitative estimate of drug-likeness (QED) is 0.813. The zero-order valence-electron chi connectivity index (χ0n) is 11.0. The maximum atomic E-state index is 12.2. The van der Waals surface area contributed by atoms with E-state index >= 15 is 0 Å². The van der Waals surface area contributed by atoms with Crippen LogP contribution in [-0.2, 0) is 4.79 Å². The maximum Gasteiger partial charge on any atom is 0.248 e. The van der Waals surface area contributed by atoms with Crippen molar-refractivity contribution in [3.05, 3.63) is 23.8 Å². The van der Waals surface area contributed by atoms with Crippen molar-refractivity contribution in [3.8, 4) is 5.75 Å². The number of rotatable bonds is 5. The molecule has 0 aliphatic carbocycles. The lowest BCUT2D eigenvalue weighted by molar-refractivity contribution is -0.119. The molecule has 0 spiro atoms. The van der Waals surface area contributed by atoms with Gasteiger partial charge in [0.1, 0.15) is 11.8 Å². The summed E-state index contributed by atoms with van der Waals surface area (Å²) < 4.78 is 5.34. The van der Waals surface area contributed by atoms with Gasteiger partial charge in [-0.3, -0.25) is 4.79 Å². The van der Waals surface area contributed by atoms with Crippen LogP contribution in [0.2, 0.25) is 0 Å². The molecule has 1 amide bonds. The fourth-order valence-corrected chi connectivity index (χ4v) is 2.40. The minimum absolute atomic E-state index is 0.0226. The Balaban J connectivity index is 2.30. The molecule has 1 aliphatic rings. The van der Waals surface area contributed by atoms with Crippen molar-refractivity contribution in [2.45, 2.75) is 32.2 Å². The summed E-state index contributed by atoms with van der Waals surface area (Å²) in [5.74, 6) is 0.705. The molecule has 4 heteroatoms. The monoisotopic (exact) mass is 248 g/mol. The predicted octanol–water partition coefficient (Wildman–Crippen LogP) is 2.23. The van der Waals surface area contributed by atoms with Crippen molar-refractivity contribution in [1.82, 2.24) is 0 Å². The summed E-state index contributed by atoms with van der Waals surface area (Å²) in [6, 6.07) is 5.11. The lowest BCUT2D eigenvalue weighted by Gasteiger charge is -2.19. The van der Waals surface area contributed by atoms with E-state index < -0.39 is 6.04 Å². The van der Waals surface area contributed by atoms with Gasteiger partial charge < -0.3 is 15.4 Å². The van der Waals surface area contributed by atoms with Crippen molar-refractivity contribution in [1.29, 1.82) is 0 Å². The third-order valence-corrected chi connectivity index (χ3v) is 3.37. The Morgan fingerprint density at radius 3 is 2.83 bits per heavy atom. The van der Waals surface area contributed by atoms with E-state index in [0.717, 1.165) is 36.3 Å². The minimum atomic E-state index is -0.545. The smallest absolute Gasteiger partial charge is 0.248 e. The molecule has 2 rings (SSSR count). The Morgan fingerprint density at radius 1 is 1.39 bits per heavy atom. The summed E-state index contributed by atoms with van der Waals surface area (Å²) in [4.78, 5) is 13.9. The molecule has 1 heterocycles. The fraction of sp³-hybridized carbons (Fsp3) is 0.500. The first kappa shape index (κ1) is 12.9. The van der Waals surface area contributed by atoms with Crippen LogP contribution in [0.3, 0.4) is 0 Å². The molecule has 98 valence electrons. The number of carbonyl (C=O) groups excluding carboxylic acids is 1. The summed E-state index contributed by atoms with van der Waals surface area (Å²) in [5.41, 5.74) is 7.69. The van der Waals surface area contributed by atoms with Gasteiger partial charge in [0, 0.05) is 12.1 Å². The molecular formula is C14H20N2O2. The van der Waals surface area contributed by atoms with E-state index in [1.165, 1.54) is 0 Å². The predicted molar refractivity (Wildman–Crippen MR) is 71.8 cm³/mol. The zero-order valence-corrected chi connectivity index (χ0v) is 11.0. The summed E-state index contributed by atoms with van der Waals surface area (Å²) in [7, 11) is 1.62. The highest BCUT2D eigenvalue weighted by atomic mass is 16.5. The van der Waals surface area contributed by atoms with Crippen molar-refractivity contribution in [2.75, 3.05) is 18.6 Å². The van der Waals surface area contributed by atoms with Gasteiger partial charge in [0.2, 0.25) is 5.91 Å². The van der Waals surface area contributed by atoms with Gasteiger partial charge in [-0.15, -0.1) is 0 Å². The van der Waals surface area contributed by atoms with E-state index in [0.29, 0.717) is 6.54 Å². The Morgan fingerprint density at radius 2 is 2.17 bits per heavy atom. The van der Waals surface area contributed by atoms with Gasteiger partial charge in [-0.25, -0.2) is 0 Å². The summed E-state index contributed by atoms with van der Waals surface area (Å²) in [5, 5.41) is 0. The maximum absolute atomic E-state index is 12.2. The molecule has 1 atom stereocenters. The number of hydrogen-bond acceptors (Lipinski definition) is 3. The number of carbonyl (C=O) groups is 1. The number of nitrogens with zero attached hydrogens (tertiary/aromatic N) is 1. The van der Waals surface area contributed by atoms with Crippen LogP contribution < -0.4 is 15.4 Å². The van der Waals surface area contributed by atoms with Crippen LogP contribution in [0.15, 0.2) is 18.2 Å². The number of methoxy groups -OCH3 is 1. The van der Waals surface area contributed by atoms with Crippen molar-refractivity contribution < 1.29 is 9.53 Å². The van der Waals surface area contributed by atoms with Gasteiger partial charge in [-0.2, -0.15) is 0 Å². The SMILES string of the molecule is CCCCCN1C(=O)C(N)c2cccc(OC)c21. The molecule has 1 aromatic rings. The highest BCUT2D eigenvalue weighted by molar-refractivity contribution is 6.06. The molecule has 4 nitrogen and oxygen atoms in total. The van der Waals surface area contributed by atoms with E-state index in [2.05, 4.69) is 6.92 Å². The number of ether oxygens (including phenoxy) is 1. The third-order valence-electron chi connectivity index (χ3n) is 3.37. The number of hydrogen-bond donors (Lipinski definition) is 1. The second kappa shape index (κ2) is 5.40. The lowest BCUT2D eigenvalue weighted by atomic mass is 10.1. The molecule has 0 aromatic heterocycles. The molecule has 0 saturated carbocycles. The second-order valence-electron chi connectivity index (χ2n) is 4.57. The number of fused-ring (bicyclic) bond motifs is 1. The van der Waals surface area contributed by atoms with Crippen molar-refractivity contribution in [3.63, 3.8) is 0 Å². The van der Waals surface area contributed by atoms with Crippen LogP contribution >= 0.6 is 0 Å². The van der Waals surface area contributed by atoms with Crippen LogP contribution in [0.25, 0.3) is 0 Å². The topological polar surface area (TPSA) is 55.6 Å². The van der Waals surface area contributed by atoms with E-state index in [1.54, 1.807) is 12.0 Å². The standard InChI is InChI=1S/C14H20N2O2/c1-3-4-5-9-16-13-10(12(15)14(16)17)7-6-8-11(13)18-2/h6-8,12H,3-5,9,15H2,1-2H3. The Labute approximate surface area is 108 Å². The molecule has 1 aliphatic heterocycles. The molecular weight excluding hydrogens is 228 g/mol. The average Bonchev–Trinajstić information content (AvgIpc) is 2.64. The lowest BCUT2D eigenvalue weighted by Crippen LogP contribution is -2.32. The molecule has 0 saturated heterocycles. The molecule has 2 N–H and O–H groups in total. The van der Waals surface area contributed by atoms with E-state index in [-0.39, 0.29) is 5.91 Å². The van der Waals surface area contributed by atoms with E-state index in [9.17, 15) is 4.79 Å². The number of benzene rings is 1. The largest absolute Gasteiger partial charge is 0.495 e. The molecule has 0 bridgehead atoms. The van der Waals surface area contributed by atoms with Gasteiger partial charge in [-0.1, -0.05) is 31.9 Å². The summed E-state index contributed by atoms with van der Waals surface area (Å²) in [6.07, 6.45) is 3.24. The zero-order chi connectivity index (χ0) is 13.1. The molecule has 1 unspecified atom stereocenters. The number of para-hydroxylation sites is 1. The highest BCUT2D eigenvalue weighted by Crippen LogP contribution is 2.41. The molecule has 0 fully saturated rings. The Kier molecular flexibility index (Phi) is 3.87. The van der Waals surface area contributed by atoms with Crippen LogP contribution in [0.5, 0.6) is 5.75 Å². The first-order valence-corrected chi connectivity index (χ1v) is 6.44. The first-order valence-electron chi connectivity index (χ1n) is 6.44. The van der Waals surface area contributed by atoms with Gasteiger partial charge in [0.15, 0.2) is 0 Å². The number of anilines is 1. The van der Waals surface area contributed by atoms with Crippen LogP contribution in [0.4, 0.5) is 5.69 Å². The van der Waals surface area contributed by atoms with Crippen LogP contribution in [0.1, 0.15) is 37.8 Å². The Bertz CT molecular complexity index is 445. The van der Waals surface area contributed by atoms with Gasteiger partial charge in [-0.05, 0) is 12.5 Å². The molecule has 18 heavy (non-hydrogen) atoms. The number of nitrogens with two attached hydrogens (primary N) is 1. The van der Waals surface area contributed by atoms with Crippen LogP contribution in [-0.4, -0.2) is 19.6 Å². The van der Waals surface area contributed by atoms with Crippen LogP contribution in [0, 0.1) is 0 Å². The van der Waals surface area contributed by atoms with E-state index in [1.807, 2.05) is 18.2 Å². The Hall–Kier alpha value is -1.55. The number of amides is 1. The molecule has 1 aromatic carbocycles. The van der Waals surface area contributed by atoms with E-state index in [4.69, 9.17) is 10.5 Å². The summed E-state index contributed by atoms with van der Waals surface area (Å²) in [6.45, 7) is 2.86. The number of unbranched alkanes of at least 4 members (excludes halogenated alkanes) is 2.